The number of phenolic OH excluding ortho intramolecular Hbond substituents is 1. The highest BCUT2D eigenvalue weighted by Crippen LogP contribution is 2.44. The molecule has 4 nitrogen and oxygen atoms in total. The van der Waals surface area contributed by atoms with Crippen LogP contribution in [0, 0.1) is 0 Å². The van der Waals surface area contributed by atoms with Crippen LogP contribution in [0.2, 0.25) is 0 Å². The second kappa shape index (κ2) is 7.24. The Bertz CT molecular complexity index is 521. The van der Waals surface area contributed by atoms with Crippen LogP contribution < -0.4 is 4.74 Å². The third-order valence-electron chi connectivity index (χ3n) is 4.89. The summed E-state index contributed by atoms with van der Waals surface area (Å²) in [5.41, 5.74) is 1.33. The summed E-state index contributed by atoms with van der Waals surface area (Å²) in [6, 6.07) is 3.69. The minimum atomic E-state index is -0.882. The summed E-state index contributed by atoms with van der Waals surface area (Å²) in [5, 5.41) is 19.6. The van der Waals surface area contributed by atoms with Gasteiger partial charge in [0.25, 0.3) is 0 Å². The summed E-state index contributed by atoms with van der Waals surface area (Å²) in [6.07, 6.45) is 1.72. The van der Waals surface area contributed by atoms with E-state index in [-0.39, 0.29) is 23.9 Å². The Balaban J connectivity index is 3.35. The Labute approximate surface area is 139 Å². The normalized spacial score (nSPS) is 12.3. The summed E-state index contributed by atoms with van der Waals surface area (Å²) >= 11 is 0. The van der Waals surface area contributed by atoms with Gasteiger partial charge >= 0.3 is 5.97 Å². The molecule has 0 saturated heterocycles. The number of carboxylic acids is 1. The number of carbonyl (C=O) groups is 1. The van der Waals surface area contributed by atoms with Gasteiger partial charge in [-0.2, -0.15) is 0 Å². The summed E-state index contributed by atoms with van der Waals surface area (Å²) in [4.78, 5) is 10.7. The average Bonchev–Trinajstić information content (AvgIpc) is 2.47. The molecule has 0 saturated carbocycles. The van der Waals surface area contributed by atoms with Crippen LogP contribution in [0.3, 0.4) is 0 Å². The Morgan fingerprint density at radius 1 is 1.04 bits per heavy atom. The van der Waals surface area contributed by atoms with Gasteiger partial charge in [-0.3, -0.25) is 4.79 Å². The first-order chi connectivity index (χ1) is 10.5. The van der Waals surface area contributed by atoms with Gasteiger partial charge in [-0.05, 0) is 35.8 Å². The van der Waals surface area contributed by atoms with E-state index >= 15 is 0 Å². The van der Waals surface area contributed by atoms with Crippen molar-refractivity contribution < 1.29 is 19.7 Å². The topological polar surface area (TPSA) is 66.8 Å². The standard InChI is InChI=1S/C19H30O4/c1-7-18(3,4)14-11-13(23-10-9-16(20)21)12-15(17(14)22)19(5,6)8-2/h11-12,22H,7-10H2,1-6H3,(H,20,21). The van der Waals surface area contributed by atoms with Crippen LogP contribution in [0.5, 0.6) is 11.5 Å². The van der Waals surface area contributed by atoms with E-state index in [1.807, 2.05) is 12.1 Å². The average molecular weight is 322 g/mol. The molecule has 0 atom stereocenters. The molecule has 2 N–H and O–H groups in total. The van der Waals surface area contributed by atoms with Crippen LogP contribution in [0.25, 0.3) is 0 Å². The molecule has 1 rings (SSSR count). The molecule has 4 heteroatoms. The molecule has 0 heterocycles. The third-order valence-corrected chi connectivity index (χ3v) is 4.89. The monoisotopic (exact) mass is 322 g/mol. The molecule has 0 bridgehead atoms. The second-order valence-corrected chi connectivity index (χ2v) is 7.33. The summed E-state index contributed by atoms with van der Waals surface area (Å²) in [7, 11) is 0. The Kier molecular flexibility index (Phi) is 6.09. The molecule has 130 valence electrons. The predicted molar refractivity (Wildman–Crippen MR) is 92.5 cm³/mol. The molecule has 0 aromatic heterocycles. The number of phenols is 1. The molecule has 0 aliphatic heterocycles. The van der Waals surface area contributed by atoms with Crippen molar-refractivity contribution in [3.05, 3.63) is 23.3 Å². The van der Waals surface area contributed by atoms with Crippen LogP contribution in [0.15, 0.2) is 12.1 Å². The molecule has 0 amide bonds. The van der Waals surface area contributed by atoms with Crippen LogP contribution in [0.4, 0.5) is 0 Å². The van der Waals surface area contributed by atoms with Crippen molar-refractivity contribution in [1.82, 2.24) is 0 Å². The lowest BCUT2D eigenvalue weighted by Crippen LogP contribution is -2.21. The molecule has 0 unspecified atom stereocenters. The fourth-order valence-corrected chi connectivity index (χ4v) is 2.36. The number of aromatic hydroxyl groups is 1. The first kappa shape index (κ1) is 19.3. The minimum absolute atomic E-state index is 0.0418. The highest BCUT2D eigenvalue weighted by Gasteiger charge is 2.30. The molecule has 0 fully saturated rings. The summed E-state index contributed by atoms with van der Waals surface area (Å²) < 4.78 is 5.64. The highest BCUT2D eigenvalue weighted by atomic mass is 16.5. The van der Waals surface area contributed by atoms with Crippen molar-refractivity contribution >= 4 is 5.97 Å². The quantitative estimate of drug-likeness (QED) is 0.733. The molecule has 0 aliphatic rings. The van der Waals surface area contributed by atoms with Crippen LogP contribution in [0.1, 0.15) is 71.9 Å². The molecule has 0 aliphatic carbocycles. The molecular formula is C19H30O4. The summed E-state index contributed by atoms with van der Waals surface area (Å²) in [6.45, 7) is 12.7. The zero-order valence-corrected chi connectivity index (χ0v) is 15.2. The fraction of sp³-hybridized carbons (Fsp3) is 0.632. The van der Waals surface area contributed by atoms with Gasteiger partial charge in [0.15, 0.2) is 0 Å². The largest absolute Gasteiger partial charge is 0.507 e. The van der Waals surface area contributed by atoms with Crippen LogP contribution in [-0.2, 0) is 15.6 Å². The first-order valence-electron chi connectivity index (χ1n) is 8.27. The lowest BCUT2D eigenvalue weighted by Gasteiger charge is -2.31. The number of aliphatic carboxylic acids is 1. The maximum atomic E-state index is 10.8. The van der Waals surface area contributed by atoms with Crippen molar-refractivity contribution in [3.63, 3.8) is 0 Å². The molecule has 0 spiro atoms. The predicted octanol–water partition coefficient (Wildman–Crippen LogP) is 4.62. The van der Waals surface area contributed by atoms with E-state index in [0.717, 1.165) is 24.0 Å². The van der Waals surface area contributed by atoms with Gasteiger partial charge in [-0.25, -0.2) is 0 Å². The van der Waals surface area contributed by atoms with Gasteiger partial charge in [0.1, 0.15) is 11.5 Å². The van der Waals surface area contributed by atoms with Crippen molar-refractivity contribution in [3.8, 4) is 11.5 Å². The highest BCUT2D eigenvalue weighted by molar-refractivity contribution is 5.66. The number of benzene rings is 1. The van der Waals surface area contributed by atoms with E-state index < -0.39 is 5.97 Å². The maximum absolute atomic E-state index is 10.8. The van der Waals surface area contributed by atoms with Crippen molar-refractivity contribution in [2.24, 2.45) is 0 Å². The zero-order valence-electron chi connectivity index (χ0n) is 15.2. The fourth-order valence-electron chi connectivity index (χ4n) is 2.36. The third kappa shape index (κ3) is 4.63. The van der Waals surface area contributed by atoms with Gasteiger partial charge < -0.3 is 14.9 Å². The van der Waals surface area contributed by atoms with Crippen molar-refractivity contribution in [2.75, 3.05) is 6.61 Å². The minimum Gasteiger partial charge on any atom is -0.507 e. The van der Waals surface area contributed by atoms with Crippen LogP contribution in [-0.4, -0.2) is 22.8 Å². The van der Waals surface area contributed by atoms with E-state index in [1.165, 1.54) is 0 Å². The van der Waals surface area contributed by atoms with E-state index in [1.54, 1.807) is 0 Å². The van der Waals surface area contributed by atoms with Crippen LogP contribution >= 0.6 is 0 Å². The Morgan fingerprint density at radius 2 is 1.48 bits per heavy atom. The molecular weight excluding hydrogens is 292 g/mol. The first-order valence-corrected chi connectivity index (χ1v) is 8.27. The Morgan fingerprint density at radius 3 is 1.83 bits per heavy atom. The lowest BCUT2D eigenvalue weighted by atomic mass is 9.75. The van der Waals surface area contributed by atoms with Crippen molar-refractivity contribution in [2.45, 2.75) is 71.6 Å². The van der Waals surface area contributed by atoms with E-state index in [4.69, 9.17) is 9.84 Å². The number of ether oxygens (including phenoxy) is 1. The smallest absolute Gasteiger partial charge is 0.306 e. The van der Waals surface area contributed by atoms with Gasteiger partial charge in [0, 0.05) is 11.1 Å². The number of carboxylic acid groups (broad SMARTS) is 1. The number of rotatable bonds is 8. The van der Waals surface area contributed by atoms with Crippen molar-refractivity contribution in [1.29, 1.82) is 0 Å². The van der Waals surface area contributed by atoms with E-state index in [9.17, 15) is 9.90 Å². The summed E-state index contributed by atoms with van der Waals surface area (Å²) in [5.74, 6) is 0.0679. The molecule has 23 heavy (non-hydrogen) atoms. The van der Waals surface area contributed by atoms with E-state index in [2.05, 4.69) is 41.5 Å². The number of hydrogen-bond donors (Lipinski definition) is 2. The van der Waals surface area contributed by atoms with Gasteiger partial charge in [0.05, 0.1) is 13.0 Å². The van der Waals surface area contributed by atoms with Gasteiger partial charge in [-0.15, -0.1) is 0 Å². The Hall–Kier alpha value is -1.71. The second-order valence-electron chi connectivity index (χ2n) is 7.33. The molecule has 1 aromatic carbocycles. The lowest BCUT2D eigenvalue weighted by molar-refractivity contribution is -0.137. The molecule has 1 aromatic rings. The SMILES string of the molecule is CCC(C)(C)c1cc(OCCC(=O)O)cc(C(C)(C)CC)c1O. The zero-order chi connectivity index (χ0) is 17.8. The van der Waals surface area contributed by atoms with Gasteiger partial charge in [-0.1, -0.05) is 41.5 Å². The maximum Gasteiger partial charge on any atom is 0.306 e. The van der Waals surface area contributed by atoms with Gasteiger partial charge in [0.2, 0.25) is 0 Å². The number of hydrogen-bond acceptors (Lipinski definition) is 3. The van der Waals surface area contributed by atoms with E-state index in [0.29, 0.717) is 11.5 Å². The molecule has 0 radical (unpaired) electrons.